The van der Waals surface area contributed by atoms with Gasteiger partial charge in [0.05, 0.1) is 18.9 Å². The van der Waals surface area contributed by atoms with E-state index in [0.29, 0.717) is 18.0 Å². The van der Waals surface area contributed by atoms with Gasteiger partial charge in [0.25, 0.3) is 5.56 Å². The van der Waals surface area contributed by atoms with Gasteiger partial charge in [0.1, 0.15) is 11.6 Å². The van der Waals surface area contributed by atoms with E-state index in [1.54, 1.807) is 10.8 Å². The highest BCUT2D eigenvalue weighted by Gasteiger charge is 2.17. The van der Waals surface area contributed by atoms with E-state index in [1.165, 1.54) is 0 Å². The van der Waals surface area contributed by atoms with Crippen molar-refractivity contribution in [3.8, 4) is 17.2 Å². The summed E-state index contributed by atoms with van der Waals surface area (Å²) in [7, 11) is 0. The average molecular weight is 430 g/mol. The van der Waals surface area contributed by atoms with Crippen LogP contribution in [0.4, 0.5) is 5.69 Å². The molecule has 2 heterocycles. The number of rotatable bonds is 5. The Morgan fingerprint density at radius 2 is 2.00 bits per heavy atom. The molecule has 1 saturated heterocycles. The van der Waals surface area contributed by atoms with Crippen molar-refractivity contribution in [1.82, 2.24) is 4.57 Å². The minimum atomic E-state index is -0.218. The third-order valence-corrected chi connectivity index (χ3v) is 5.47. The maximum absolute atomic E-state index is 12.7. The molecule has 142 valence electrons. The summed E-state index contributed by atoms with van der Waals surface area (Å²) in [6.45, 7) is 8.03. The molecule has 2 aromatic rings. The molecule has 0 radical (unpaired) electrons. The van der Waals surface area contributed by atoms with E-state index in [2.05, 4.69) is 40.7 Å². The van der Waals surface area contributed by atoms with Crippen LogP contribution in [0.1, 0.15) is 25.8 Å². The molecule has 0 bridgehead atoms. The van der Waals surface area contributed by atoms with E-state index < -0.39 is 0 Å². The molecule has 1 aromatic heterocycles. The fourth-order valence-electron chi connectivity index (χ4n) is 3.23. The maximum atomic E-state index is 12.7. The second-order valence-corrected chi connectivity index (χ2v) is 8.02. The first kappa shape index (κ1) is 19.7. The van der Waals surface area contributed by atoms with Crippen LogP contribution in [0.3, 0.4) is 0 Å². The number of nitriles is 1. The molecule has 0 aliphatic carbocycles. The second-order valence-electron chi connectivity index (χ2n) is 7.16. The van der Waals surface area contributed by atoms with Crippen molar-refractivity contribution < 1.29 is 4.74 Å². The molecule has 0 amide bonds. The monoisotopic (exact) mass is 429 g/mol. The van der Waals surface area contributed by atoms with Crippen molar-refractivity contribution in [1.29, 1.82) is 5.26 Å². The lowest BCUT2D eigenvalue weighted by Crippen LogP contribution is -2.36. The van der Waals surface area contributed by atoms with Crippen LogP contribution >= 0.6 is 15.9 Å². The molecule has 0 unspecified atom stereocenters. The quantitative estimate of drug-likeness (QED) is 0.719. The first-order valence-corrected chi connectivity index (χ1v) is 10.1. The summed E-state index contributed by atoms with van der Waals surface area (Å²) in [5.41, 5.74) is 2.63. The number of benzene rings is 1. The standard InChI is InChI=1S/C21H24BrN3O2/c1-15(2)5-7-25-8-6-17(18(14-23)21(25)26)16-3-4-20(19(22)13-16)24-9-11-27-12-10-24/h3-4,6,8,13,15H,5,7,9-12H2,1-2H3. The molecule has 1 aliphatic heterocycles. The second kappa shape index (κ2) is 8.73. The van der Waals surface area contributed by atoms with Gasteiger partial charge >= 0.3 is 0 Å². The molecule has 0 saturated carbocycles. The number of halogens is 1. The Labute approximate surface area is 168 Å². The molecule has 1 aliphatic rings. The number of hydrogen-bond donors (Lipinski definition) is 0. The van der Waals surface area contributed by atoms with Gasteiger partial charge in [0.15, 0.2) is 0 Å². The van der Waals surface area contributed by atoms with Gasteiger partial charge in [-0.25, -0.2) is 0 Å². The van der Waals surface area contributed by atoms with Crippen LogP contribution in [0.15, 0.2) is 39.7 Å². The Bertz CT molecular complexity index is 909. The van der Waals surface area contributed by atoms with Crippen molar-refractivity contribution >= 4 is 21.6 Å². The van der Waals surface area contributed by atoms with Crippen LogP contribution in [-0.2, 0) is 11.3 Å². The third kappa shape index (κ3) is 4.42. The minimum Gasteiger partial charge on any atom is -0.378 e. The molecule has 1 fully saturated rings. The van der Waals surface area contributed by atoms with E-state index in [0.717, 1.165) is 48.4 Å². The summed E-state index contributed by atoms with van der Waals surface area (Å²) in [6, 6.07) is 9.98. The summed E-state index contributed by atoms with van der Waals surface area (Å²) in [5.74, 6) is 0.505. The molecular weight excluding hydrogens is 406 g/mol. The lowest BCUT2D eigenvalue weighted by atomic mass is 10.0. The predicted octanol–water partition coefficient (Wildman–Crippen LogP) is 4.03. The van der Waals surface area contributed by atoms with Crippen LogP contribution in [0.5, 0.6) is 0 Å². The molecule has 3 rings (SSSR count). The lowest BCUT2D eigenvalue weighted by molar-refractivity contribution is 0.122. The summed E-state index contributed by atoms with van der Waals surface area (Å²) in [4.78, 5) is 15.0. The Hall–Kier alpha value is -2.10. The molecular formula is C21H24BrN3O2. The van der Waals surface area contributed by atoms with Crippen LogP contribution in [-0.4, -0.2) is 30.9 Å². The third-order valence-electron chi connectivity index (χ3n) is 4.83. The molecule has 6 heteroatoms. The van der Waals surface area contributed by atoms with Crippen LogP contribution < -0.4 is 10.5 Å². The smallest absolute Gasteiger partial charge is 0.269 e. The number of aryl methyl sites for hydroxylation is 1. The number of morpholine rings is 1. The molecule has 1 aromatic carbocycles. The van der Waals surface area contributed by atoms with Crippen molar-refractivity contribution in [3.63, 3.8) is 0 Å². The highest BCUT2D eigenvalue weighted by molar-refractivity contribution is 9.10. The number of nitrogens with zero attached hydrogens (tertiary/aromatic N) is 3. The Kier molecular flexibility index (Phi) is 6.35. The molecule has 0 N–H and O–H groups in total. The number of pyridine rings is 1. The predicted molar refractivity (Wildman–Crippen MR) is 111 cm³/mol. The molecule has 0 atom stereocenters. The average Bonchev–Trinajstić information content (AvgIpc) is 2.67. The largest absolute Gasteiger partial charge is 0.378 e. The number of hydrogen-bond acceptors (Lipinski definition) is 4. The zero-order valence-corrected chi connectivity index (χ0v) is 17.3. The Morgan fingerprint density at radius 1 is 1.26 bits per heavy atom. The van der Waals surface area contributed by atoms with Crippen molar-refractivity contribution in [2.75, 3.05) is 31.2 Å². The first-order valence-electron chi connectivity index (χ1n) is 9.27. The summed E-state index contributed by atoms with van der Waals surface area (Å²) < 4.78 is 8.00. The molecule has 5 nitrogen and oxygen atoms in total. The van der Waals surface area contributed by atoms with Gasteiger partial charge in [0.2, 0.25) is 0 Å². The van der Waals surface area contributed by atoms with Crippen molar-refractivity contribution in [3.05, 3.63) is 50.9 Å². The van der Waals surface area contributed by atoms with Crippen molar-refractivity contribution in [2.24, 2.45) is 5.92 Å². The fourth-order valence-corrected chi connectivity index (χ4v) is 3.86. The van der Waals surface area contributed by atoms with E-state index in [1.807, 2.05) is 24.3 Å². The summed E-state index contributed by atoms with van der Waals surface area (Å²) in [6.07, 6.45) is 2.70. The highest BCUT2D eigenvalue weighted by atomic mass is 79.9. The SMILES string of the molecule is CC(C)CCn1ccc(-c2ccc(N3CCOCC3)c(Br)c2)c(C#N)c1=O. The molecule has 0 spiro atoms. The summed E-state index contributed by atoms with van der Waals surface area (Å²) >= 11 is 3.65. The normalized spacial score (nSPS) is 14.4. The minimum absolute atomic E-state index is 0.201. The van der Waals surface area contributed by atoms with Gasteiger partial charge in [0, 0.05) is 35.9 Å². The topological polar surface area (TPSA) is 58.3 Å². The van der Waals surface area contributed by atoms with Crippen molar-refractivity contribution in [2.45, 2.75) is 26.8 Å². The van der Waals surface area contributed by atoms with E-state index in [4.69, 9.17) is 4.74 Å². The van der Waals surface area contributed by atoms with E-state index >= 15 is 0 Å². The summed E-state index contributed by atoms with van der Waals surface area (Å²) in [5, 5.41) is 9.59. The van der Waals surface area contributed by atoms with Gasteiger partial charge in [-0.3, -0.25) is 4.79 Å². The van der Waals surface area contributed by atoms with Gasteiger partial charge in [-0.15, -0.1) is 0 Å². The first-order chi connectivity index (χ1) is 13.0. The zero-order valence-electron chi connectivity index (χ0n) is 15.7. The Morgan fingerprint density at radius 3 is 2.63 bits per heavy atom. The Balaban J connectivity index is 1.94. The fraction of sp³-hybridized carbons (Fsp3) is 0.429. The number of ether oxygens (including phenoxy) is 1. The van der Waals surface area contributed by atoms with Gasteiger partial charge in [-0.2, -0.15) is 5.26 Å². The number of anilines is 1. The van der Waals surface area contributed by atoms with Gasteiger partial charge in [-0.05, 0) is 52.0 Å². The van der Waals surface area contributed by atoms with Crippen LogP contribution in [0.2, 0.25) is 0 Å². The van der Waals surface area contributed by atoms with Crippen LogP contribution in [0.25, 0.3) is 11.1 Å². The highest BCUT2D eigenvalue weighted by Crippen LogP contribution is 2.32. The van der Waals surface area contributed by atoms with Crippen LogP contribution in [0, 0.1) is 17.2 Å². The van der Waals surface area contributed by atoms with Gasteiger partial charge in [-0.1, -0.05) is 19.9 Å². The lowest BCUT2D eigenvalue weighted by Gasteiger charge is -2.29. The van der Waals surface area contributed by atoms with E-state index in [-0.39, 0.29) is 11.1 Å². The number of aromatic nitrogens is 1. The van der Waals surface area contributed by atoms with E-state index in [9.17, 15) is 10.1 Å². The molecule has 27 heavy (non-hydrogen) atoms. The van der Waals surface area contributed by atoms with Gasteiger partial charge < -0.3 is 14.2 Å². The maximum Gasteiger partial charge on any atom is 0.269 e. The zero-order chi connectivity index (χ0) is 19.4.